The maximum absolute atomic E-state index is 12.6. The van der Waals surface area contributed by atoms with Crippen LogP contribution in [0.3, 0.4) is 0 Å². The number of hydrogen-bond acceptors (Lipinski definition) is 4. The monoisotopic (exact) mass is 340 g/mol. The molecule has 1 N–H and O–H groups in total. The van der Waals surface area contributed by atoms with E-state index in [9.17, 15) is 13.2 Å². The molecular formula is C16H24N2O4S. The molecule has 2 unspecified atom stereocenters. The number of sulfonamides is 1. The van der Waals surface area contributed by atoms with Crippen molar-refractivity contribution in [1.82, 2.24) is 4.90 Å². The fourth-order valence-electron chi connectivity index (χ4n) is 2.74. The van der Waals surface area contributed by atoms with E-state index in [2.05, 4.69) is 4.72 Å². The molecule has 2 atom stereocenters. The molecule has 23 heavy (non-hydrogen) atoms. The lowest BCUT2D eigenvalue weighted by atomic mass is 10.1. The molecule has 1 fully saturated rings. The molecule has 1 amide bonds. The number of anilines is 1. The van der Waals surface area contributed by atoms with E-state index in [1.54, 1.807) is 36.1 Å². The highest BCUT2D eigenvalue weighted by atomic mass is 32.2. The van der Waals surface area contributed by atoms with E-state index in [0.29, 0.717) is 30.8 Å². The van der Waals surface area contributed by atoms with E-state index in [4.69, 9.17) is 4.74 Å². The molecule has 1 aliphatic rings. The Balaban J connectivity index is 2.14. The van der Waals surface area contributed by atoms with E-state index in [-0.39, 0.29) is 23.9 Å². The fraction of sp³-hybridized carbons (Fsp3) is 0.562. The molecule has 6 nitrogen and oxygen atoms in total. The van der Waals surface area contributed by atoms with E-state index < -0.39 is 10.0 Å². The molecule has 2 rings (SSSR count). The highest BCUT2D eigenvalue weighted by Gasteiger charge is 2.26. The molecule has 1 aromatic rings. The largest absolute Gasteiger partial charge is 0.372 e. The molecule has 1 aliphatic heterocycles. The molecule has 128 valence electrons. The number of carbonyl (C=O) groups excluding carboxylic acids is 1. The summed E-state index contributed by atoms with van der Waals surface area (Å²) in [5.74, 6) is -0.0486. The quantitative estimate of drug-likeness (QED) is 0.890. The van der Waals surface area contributed by atoms with Crippen molar-refractivity contribution in [2.75, 3.05) is 23.6 Å². The van der Waals surface area contributed by atoms with Gasteiger partial charge in [0.05, 0.1) is 18.0 Å². The Hall–Kier alpha value is -1.60. The van der Waals surface area contributed by atoms with Gasteiger partial charge in [-0.2, -0.15) is 0 Å². The minimum Gasteiger partial charge on any atom is -0.372 e. The fourth-order valence-corrected chi connectivity index (χ4v) is 3.87. The Morgan fingerprint density at radius 2 is 1.96 bits per heavy atom. The first-order valence-corrected chi connectivity index (χ1v) is 9.51. The van der Waals surface area contributed by atoms with Gasteiger partial charge in [0.25, 0.3) is 5.91 Å². The topological polar surface area (TPSA) is 75.7 Å². The van der Waals surface area contributed by atoms with Crippen LogP contribution in [0.1, 0.15) is 37.6 Å². The van der Waals surface area contributed by atoms with Crippen molar-refractivity contribution in [3.8, 4) is 0 Å². The van der Waals surface area contributed by atoms with Gasteiger partial charge >= 0.3 is 0 Å². The van der Waals surface area contributed by atoms with E-state index in [1.165, 1.54) is 0 Å². The third-order valence-corrected chi connectivity index (χ3v) is 5.05. The van der Waals surface area contributed by atoms with Crippen molar-refractivity contribution in [2.45, 2.75) is 39.4 Å². The predicted octanol–water partition coefficient (Wildman–Crippen LogP) is 2.09. The third-order valence-electron chi connectivity index (χ3n) is 3.56. The number of ether oxygens (including phenoxy) is 1. The second-order valence-electron chi connectivity index (χ2n) is 5.97. The average molecular weight is 340 g/mol. The van der Waals surface area contributed by atoms with Gasteiger partial charge in [-0.1, -0.05) is 13.0 Å². The lowest BCUT2D eigenvalue weighted by Crippen LogP contribution is -2.48. The van der Waals surface area contributed by atoms with Crippen molar-refractivity contribution < 1.29 is 17.9 Å². The van der Waals surface area contributed by atoms with Crippen LogP contribution in [0.4, 0.5) is 5.69 Å². The molecule has 7 heteroatoms. The standard InChI is InChI=1S/C16H24N2O4S/c1-4-8-23(20,21)17-15-7-5-6-14(9-15)16(19)18-10-12(2)22-13(3)11-18/h5-7,9,12-13,17H,4,8,10-11H2,1-3H3. The van der Waals surface area contributed by atoms with Crippen LogP contribution < -0.4 is 4.72 Å². The van der Waals surface area contributed by atoms with Crippen LogP contribution in [0.5, 0.6) is 0 Å². The number of nitrogens with zero attached hydrogens (tertiary/aromatic N) is 1. The van der Waals surface area contributed by atoms with Crippen LogP contribution in [0.15, 0.2) is 24.3 Å². The van der Waals surface area contributed by atoms with Gasteiger partial charge in [-0.3, -0.25) is 9.52 Å². The highest BCUT2D eigenvalue weighted by Crippen LogP contribution is 2.18. The molecule has 0 saturated carbocycles. The molecule has 1 heterocycles. The van der Waals surface area contributed by atoms with Crippen LogP contribution in [0, 0.1) is 0 Å². The van der Waals surface area contributed by atoms with Crippen molar-refractivity contribution in [3.63, 3.8) is 0 Å². The van der Waals surface area contributed by atoms with Crippen molar-refractivity contribution >= 4 is 21.6 Å². The number of nitrogens with one attached hydrogen (secondary N) is 1. The average Bonchev–Trinajstić information content (AvgIpc) is 2.45. The van der Waals surface area contributed by atoms with Crippen LogP contribution in [-0.2, 0) is 14.8 Å². The Bertz CT molecular complexity index is 650. The normalized spacial score (nSPS) is 22.0. The maximum Gasteiger partial charge on any atom is 0.254 e. The van der Waals surface area contributed by atoms with Crippen LogP contribution in [0.2, 0.25) is 0 Å². The zero-order valence-corrected chi connectivity index (χ0v) is 14.6. The minimum absolute atomic E-state index is 0.00561. The zero-order chi connectivity index (χ0) is 17.0. The molecule has 0 spiro atoms. The van der Waals surface area contributed by atoms with Gasteiger partial charge in [-0.15, -0.1) is 0 Å². The van der Waals surface area contributed by atoms with Crippen molar-refractivity contribution in [3.05, 3.63) is 29.8 Å². The van der Waals surface area contributed by atoms with Crippen LogP contribution in [0.25, 0.3) is 0 Å². The number of rotatable bonds is 5. The van der Waals surface area contributed by atoms with Gasteiger partial charge in [0.15, 0.2) is 0 Å². The molecule has 0 aliphatic carbocycles. The first-order valence-electron chi connectivity index (χ1n) is 7.86. The SMILES string of the molecule is CCCS(=O)(=O)Nc1cccc(C(=O)N2CC(C)OC(C)C2)c1. The van der Waals surface area contributed by atoms with Gasteiger partial charge < -0.3 is 9.64 Å². The van der Waals surface area contributed by atoms with Gasteiger partial charge in [-0.05, 0) is 38.5 Å². The first kappa shape index (κ1) is 17.7. The zero-order valence-electron chi connectivity index (χ0n) is 13.8. The number of benzene rings is 1. The second kappa shape index (κ2) is 7.31. The highest BCUT2D eigenvalue weighted by molar-refractivity contribution is 7.92. The molecular weight excluding hydrogens is 316 g/mol. The Morgan fingerprint density at radius 3 is 2.57 bits per heavy atom. The summed E-state index contributed by atoms with van der Waals surface area (Å²) in [5.41, 5.74) is 0.890. The molecule has 0 bridgehead atoms. The number of amides is 1. The lowest BCUT2D eigenvalue weighted by Gasteiger charge is -2.35. The van der Waals surface area contributed by atoms with Gasteiger partial charge in [0.2, 0.25) is 10.0 Å². The molecule has 1 saturated heterocycles. The van der Waals surface area contributed by atoms with Crippen molar-refractivity contribution in [2.24, 2.45) is 0 Å². The molecule has 1 aromatic carbocycles. The first-order chi connectivity index (χ1) is 10.8. The predicted molar refractivity (Wildman–Crippen MR) is 90.1 cm³/mol. The van der Waals surface area contributed by atoms with Crippen molar-refractivity contribution in [1.29, 1.82) is 0 Å². The van der Waals surface area contributed by atoms with E-state index >= 15 is 0 Å². The van der Waals surface area contributed by atoms with Gasteiger partial charge in [-0.25, -0.2) is 8.42 Å². The molecule has 0 aromatic heterocycles. The van der Waals surface area contributed by atoms with E-state index in [1.807, 2.05) is 13.8 Å². The minimum atomic E-state index is -3.36. The summed E-state index contributed by atoms with van der Waals surface area (Å²) < 4.78 is 31.8. The summed E-state index contributed by atoms with van der Waals surface area (Å²) in [6.07, 6.45) is 0.528. The maximum atomic E-state index is 12.6. The summed E-state index contributed by atoms with van der Waals surface area (Å²) in [6.45, 7) is 6.75. The molecule has 0 radical (unpaired) electrons. The Morgan fingerprint density at radius 1 is 1.30 bits per heavy atom. The number of morpholine rings is 1. The summed E-state index contributed by atoms with van der Waals surface area (Å²) in [5, 5.41) is 0. The van der Waals surface area contributed by atoms with E-state index in [0.717, 1.165) is 0 Å². The van der Waals surface area contributed by atoms with Gasteiger partial charge in [0.1, 0.15) is 0 Å². The lowest BCUT2D eigenvalue weighted by molar-refractivity contribution is -0.0586. The summed E-state index contributed by atoms with van der Waals surface area (Å²) in [6, 6.07) is 6.62. The van der Waals surface area contributed by atoms with Gasteiger partial charge in [0, 0.05) is 24.3 Å². The summed E-state index contributed by atoms with van der Waals surface area (Å²) >= 11 is 0. The number of hydrogen-bond donors (Lipinski definition) is 1. The van der Waals surface area contributed by atoms with Crippen LogP contribution in [-0.4, -0.2) is 50.3 Å². The summed E-state index contributed by atoms with van der Waals surface area (Å²) in [4.78, 5) is 14.4. The Kier molecular flexibility index (Phi) is 5.64. The smallest absolute Gasteiger partial charge is 0.254 e. The third kappa shape index (κ3) is 4.94. The second-order valence-corrected chi connectivity index (χ2v) is 7.81. The summed E-state index contributed by atoms with van der Waals surface area (Å²) in [7, 11) is -3.36. The number of carbonyl (C=O) groups is 1. The van der Waals surface area contributed by atoms with Crippen LogP contribution >= 0.6 is 0 Å². The Labute approximate surface area is 137 Å².